The number of sulfone groups is 1. The van der Waals surface area contributed by atoms with Crippen molar-refractivity contribution in [1.29, 1.82) is 5.26 Å². The molecular weight excluding hydrogens is 2010 g/mol. The normalized spacial score (nSPS) is 10.9. The number of benzene rings is 13. The SMILES string of the molecule is C=C(N)N(C)c1ccccc1C(=O)Nc1ccc(C#N)cc1.CC(=O)c1ccc(CNC(=O)c2ccccc2NS(C)(=O)=O)cc1.CC(=O)c1ccc(S(=O)(=O)Nc2ccccc2C(=O)O)cc1.CCCCc1ccc(NC(=O)c2ccccc2NS(=O)(=O)Cc2ccccc2)cc1.CCCS(=O)(=O)Nc1ccccc1C(=O)Nc1ccc(CCOC)cc1.COCCc1ccc(CC(=O)c2ccccc2CS(=O)(=O)C(C)C)cc1. The number of para-hydroxylation sites is 5. The lowest BCUT2D eigenvalue weighted by atomic mass is 9.98. The number of nitrogens with two attached hydrogens (primary N) is 1. The van der Waals surface area contributed by atoms with Crippen LogP contribution in [-0.4, -0.2) is 146 Å². The molecule has 0 aromatic heterocycles. The topological polar surface area (TPSA) is 495 Å². The first-order chi connectivity index (χ1) is 71.3. The van der Waals surface area contributed by atoms with Gasteiger partial charge in [-0.05, 0) is 220 Å². The summed E-state index contributed by atoms with van der Waals surface area (Å²) < 4.78 is 141. The second-order valence-electron chi connectivity index (χ2n) is 34.3. The highest BCUT2D eigenvalue weighted by Crippen LogP contribution is 2.29. The molecule has 0 aliphatic carbocycles. The minimum absolute atomic E-state index is 0.00584. The summed E-state index contributed by atoms with van der Waals surface area (Å²) in [6, 6.07) is 92.3. The number of nitriles is 1. The number of Topliss-reactive ketones (excluding diaryl/α,β-unsaturated/α-hetero) is 3. The van der Waals surface area contributed by atoms with E-state index in [0.717, 1.165) is 60.6 Å². The van der Waals surface area contributed by atoms with Crippen molar-refractivity contribution in [1.82, 2.24) is 5.32 Å². The summed E-state index contributed by atoms with van der Waals surface area (Å²) in [5.41, 5.74) is 18.7. The molecule has 13 rings (SSSR count). The van der Waals surface area contributed by atoms with E-state index in [1.54, 1.807) is 229 Å². The van der Waals surface area contributed by atoms with Crippen molar-refractivity contribution in [3.8, 4) is 6.07 Å². The van der Waals surface area contributed by atoms with Crippen LogP contribution in [0, 0.1) is 11.3 Å². The summed E-state index contributed by atoms with van der Waals surface area (Å²) in [4.78, 5) is 97.9. The van der Waals surface area contributed by atoms with E-state index < -0.39 is 67.1 Å². The van der Waals surface area contributed by atoms with Crippen LogP contribution in [0.25, 0.3) is 0 Å². The first-order valence-corrected chi connectivity index (χ1v) is 55.7. The van der Waals surface area contributed by atoms with Gasteiger partial charge in [-0.2, -0.15) is 5.26 Å². The number of carbonyl (C=O) groups is 8. The highest BCUT2D eigenvalue weighted by Gasteiger charge is 2.26. The highest BCUT2D eigenvalue weighted by molar-refractivity contribution is 7.93. The standard InChI is InChI=1S/C24H26N2O3S.C21H26O4S.C19H24N2O4S.C17H16N4O.C17H18N2O4S.C15H13NO5S/c1-2-3-9-19-14-16-21(17-15-19)25-24(27)22-12-7-8-13-23(22)26-30(28,29)18-20-10-5-4-6-11-20;1-16(2)26(23,24)15-19-6-4-5-7-20(19)21(22)14-18-10-8-17(9-11-18)12-13-25-3;1-3-14-26(23,24)21-18-7-5-4-6-17(18)19(22)20-16-10-8-15(9-11-16)12-13-25-2;1-12(19)21(2)16-6-4-3-5-15(16)17(22)20-14-9-7-13(11-18)8-10-14;1-12(20)14-9-7-13(8-10-14)11-18-17(21)15-5-3-4-6-16(15)19-24(2,22)23;1-10(17)11-6-8-12(9-7-11)22(20,21)16-14-5-3-2-4-13(14)15(18)19/h4-8,10-17,26H,2-3,9,18H2,1H3,(H,25,27);4-11,16H,12-15H2,1-3H3;4-11,21H,3,12-14H2,1-2H3,(H,20,22);3-10H,1,19H2,2H3,(H,20,22);3-10,19H,11H2,1-2H3,(H,18,21);2-9,16H,1H3,(H,18,19). The quantitative estimate of drug-likeness (QED) is 0.0159. The Labute approximate surface area is 877 Å². The monoisotopic (exact) mass is 2130 g/mol. The van der Waals surface area contributed by atoms with Crippen molar-refractivity contribution < 1.29 is 95.0 Å². The second kappa shape index (κ2) is 58.5. The summed E-state index contributed by atoms with van der Waals surface area (Å²) in [7, 11) is -12.7. The Kier molecular flexibility index (Phi) is 46.4. The van der Waals surface area contributed by atoms with E-state index in [0.29, 0.717) is 87.1 Å². The zero-order valence-electron chi connectivity index (χ0n) is 84.7. The number of unbranched alkanes of at least 4 members (excludes halogenated alkanes) is 1. The number of amides is 4. The molecule has 786 valence electrons. The molecule has 11 N–H and O–H groups in total. The van der Waals surface area contributed by atoms with Crippen LogP contribution in [0.1, 0.15) is 188 Å². The maximum atomic E-state index is 12.8. The minimum atomic E-state index is -3.94. The molecule has 0 fully saturated rings. The van der Waals surface area contributed by atoms with Crippen molar-refractivity contribution >= 4 is 142 Å². The molecule has 150 heavy (non-hydrogen) atoms. The van der Waals surface area contributed by atoms with Crippen LogP contribution in [0.5, 0.6) is 0 Å². The number of rotatable bonds is 42. The first-order valence-electron chi connectivity index (χ1n) is 47.3. The molecule has 0 saturated heterocycles. The van der Waals surface area contributed by atoms with Gasteiger partial charge in [-0.25, -0.2) is 46.9 Å². The van der Waals surface area contributed by atoms with E-state index in [4.69, 9.17) is 25.6 Å². The number of carboxylic acid groups (broad SMARTS) is 1. The number of nitrogens with zero attached hydrogens (tertiary/aromatic N) is 2. The van der Waals surface area contributed by atoms with Gasteiger partial charge in [0.1, 0.15) is 0 Å². The number of ether oxygens (including phenoxy) is 2. The Morgan fingerprint density at radius 1 is 0.420 bits per heavy atom. The van der Waals surface area contributed by atoms with Crippen molar-refractivity contribution in [3.05, 3.63) is 423 Å². The Morgan fingerprint density at radius 2 is 0.807 bits per heavy atom. The number of carboxylic acids is 1. The van der Waals surface area contributed by atoms with E-state index in [9.17, 15) is 80.4 Å². The lowest BCUT2D eigenvalue weighted by Gasteiger charge is -2.21. The number of aryl methyl sites for hydroxylation is 1. The third kappa shape index (κ3) is 39.6. The van der Waals surface area contributed by atoms with E-state index in [2.05, 4.69) is 53.7 Å². The molecule has 37 heteroatoms. The lowest BCUT2D eigenvalue weighted by Crippen LogP contribution is -2.25. The van der Waals surface area contributed by atoms with Gasteiger partial charge in [0.05, 0.1) is 121 Å². The highest BCUT2D eigenvalue weighted by atomic mass is 32.2. The maximum absolute atomic E-state index is 12.8. The van der Waals surface area contributed by atoms with Gasteiger partial charge >= 0.3 is 5.97 Å². The lowest BCUT2D eigenvalue weighted by molar-refractivity contribution is 0.0696. The molecule has 13 aromatic carbocycles. The number of nitrogens with one attached hydrogen (secondary N) is 8. The number of hydrogen-bond donors (Lipinski definition) is 10. The number of anilines is 8. The van der Waals surface area contributed by atoms with Crippen LogP contribution in [-0.2, 0) is 103 Å². The number of ketones is 3. The molecule has 13 aromatic rings. The van der Waals surface area contributed by atoms with Gasteiger partial charge in [-0.15, -0.1) is 0 Å². The molecular formula is C113H123N11O21S5. The average Bonchev–Trinajstić information content (AvgIpc) is 0.823. The number of hydrogen-bond acceptors (Lipinski definition) is 23. The number of sulfonamides is 4. The summed E-state index contributed by atoms with van der Waals surface area (Å²) in [5.74, 6) is -2.80. The van der Waals surface area contributed by atoms with Gasteiger partial charge < -0.3 is 46.5 Å². The Hall–Kier alpha value is -16.1. The molecule has 0 atom stereocenters. The van der Waals surface area contributed by atoms with Crippen molar-refractivity contribution in [2.45, 2.75) is 115 Å². The van der Waals surface area contributed by atoms with Crippen LogP contribution < -0.4 is 50.8 Å². The number of aromatic carboxylic acids is 1. The summed E-state index contributed by atoms with van der Waals surface area (Å²) in [5, 5.41) is 28.5. The van der Waals surface area contributed by atoms with Gasteiger partial charge in [-0.1, -0.05) is 227 Å². The van der Waals surface area contributed by atoms with Crippen LogP contribution in [0.2, 0.25) is 0 Å². The van der Waals surface area contributed by atoms with Crippen molar-refractivity contribution in [2.75, 3.05) is 86.2 Å². The Balaban J connectivity index is 0.000000220. The largest absolute Gasteiger partial charge is 0.478 e. The molecule has 4 amide bonds. The molecule has 0 bridgehead atoms. The molecule has 32 nitrogen and oxygen atoms in total. The minimum Gasteiger partial charge on any atom is -0.478 e. The fourth-order valence-electron chi connectivity index (χ4n) is 14.0. The Bertz CT molecular complexity index is 7470. The maximum Gasteiger partial charge on any atom is 0.337 e. The van der Waals surface area contributed by atoms with Crippen LogP contribution >= 0.6 is 0 Å². The van der Waals surface area contributed by atoms with Crippen LogP contribution in [0.3, 0.4) is 0 Å². The molecule has 0 saturated carbocycles. The van der Waals surface area contributed by atoms with Gasteiger partial charge in [-0.3, -0.25) is 52.5 Å². The van der Waals surface area contributed by atoms with Crippen LogP contribution in [0.4, 0.5) is 45.5 Å². The zero-order chi connectivity index (χ0) is 110. The average molecular weight is 2130 g/mol. The fraction of sp³-hybridized carbons (Fsp3) is 0.212. The third-order valence-electron chi connectivity index (χ3n) is 22.2. The molecule has 0 aliphatic rings. The summed E-state index contributed by atoms with van der Waals surface area (Å²) in [6.07, 6.45) is 6.68. The molecule has 0 unspecified atom stereocenters. The molecule has 0 radical (unpaired) electrons. The van der Waals surface area contributed by atoms with E-state index in [-0.39, 0.29) is 115 Å². The second-order valence-corrected chi connectivity index (χ2v) is 43.8. The van der Waals surface area contributed by atoms with Gasteiger partial charge in [0.25, 0.3) is 33.7 Å². The van der Waals surface area contributed by atoms with E-state index in [1.165, 1.54) is 74.0 Å². The number of methoxy groups -OCH3 is 2. The van der Waals surface area contributed by atoms with E-state index in [1.807, 2.05) is 91.0 Å². The zero-order valence-corrected chi connectivity index (χ0v) is 88.8. The smallest absolute Gasteiger partial charge is 0.337 e. The van der Waals surface area contributed by atoms with E-state index >= 15 is 0 Å². The van der Waals surface area contributed by atoms with Crippen molar-refractivity contribution in [2.24, 2.45) is 5.73 Å². The molecule has 0 spiro atoms. The van der Waals surface area contributed by atoms with Gasteiger partial charge in [0, 0.05) is 68.0 Å². The molecule has 0 heterocycles. The Morgan fingerprint density at radius 3 is 1.25 bits per heavy atom. The van der Waals surface area contributed by atoms with Crippen LogP contribution in [0.15, 0.2) is 339 Å². The predicted octanol–water partition coefficient (Wildman–Crippen LogP) is 19.4. The predicted molar refractivity (Wildman–Crippen MR) is 591 cm³/mol. The summed E-state index contributed by atoms with van der Waals surface area (Å²) in [6.45, 7) is 15.4. The fourth-order valence-corrected chi connectivity index (χ4v) is 19.1. The van der Waals surface area contributed by atoms with Gasteiger partial charge in [0.2, 0.25) is 30.1 Å². The third-order valence-corrected chi connectivity index (χ3v) is 29.1. The first kappa shape index (κ1) is 119. The van der Waals surface area contributed by atoms with Gasteiger partial charge in [0.15, 0.2) is 27.2 Å². The number of carbonyl (C=O) groups excluding carboxylic acids is 7. The van der Waals surface area contributed by atoms with Crippen molar-refractivity contribution in [3.63, 3.8) is 0 Å². The summed E-state index contributed by atoms with van der Waals surface area (Å²) >= 11 is 0. The molecule has 0 aliphatic heterocycles.